The number of hydrogen-bond donors (Lipinski definition) is 2. The molecular formula is C25H30N6O3S. The average Bonchev–Trinajstić information content (AvgIpc) is 3.30. The summed E-state index contributed by atoms with van der Waals surface area (Å²) in [6.45, 7) is 7.41. The Hall–Kier alpha value is -3.50. The zero-order chi connectivity index (χ0) is 24.5. The summed E-state index contributed by atoms with van der Waals surface area (Å²) in [5.74, 6) is 1.51. The van der Waals surface area contributed by atoms with Gasteiger partial charge in [-0.15, -0.1) is 0 Å². The third kappa shape index (κ3) is 7.24. The summed E-state index contributed by atoms with van der Waals surface area (Å²) in [5, 5.41) is 7.13. The first-order chi connectivity index (χ1) is 17.1. The number of nitrogens with zero attached hydrogens (tertiary/aromatic N) is 4. The number of morpholine rings is 1. The van der Waals surface area contributed by atoms with E-state index in [2.05, 4.69) is 39.2 Å². The van der Waals surface area contributed by atoms with Gasteiger partial charge in [-0.05, 0) is 23.8 Å². The molecule has 1 amide bonds. The third-order valence-electron chi connectivity index (χ3n) is 5.34. The lowest BCUT2D eigenvalue weighted by Crippen LogP contribution is -2.36. The Morgan fingerprint density at radius 1 is 1.29 bits per heavy atom. The maximum Gasteiger partial charge on any atom is 0.411 e. The van der Waals surface area contributed by atoms with Gasteiger partial charge >= 0.3 is 6.09 Å². The number of nitrogens with one attached hydrogen (secondary N) is 2. The maximum absolute atomic E-state index is 11.8. The molecule has 0 aliphatic carbocycles. The van der Waals surface area contributed by atoms with Crippen LogP contribution in [0, 0.1) is 0 Å². The minimum absolute atomic E-state index is 0.166. The molecule has 2 N–H and O–H groups in total. The van der Waals surface area contributed by atoms with Crippen LogP contribution >= 0.6 is 11.8 Å². The second-order valence-corrected chi connectivity index (χ2v) is 8.92. The standard InChI is InChI=1S/C25H30N6O3S/c1-3-11-34-25(32)29-20-6-4-5-19(14-20)17-27-23-16-22(31-9-12-33-13-10-31)15-21(28-23)18-35-24-26-7-8-30(24)2/h3-8,14-16H,1,9-13,17-18H2,2H3,(H,27,28)(H,29,32). The van der Waals surface area contributed by atoms with Gasteiger partial charge in [0.05, 0.1) is 18.9 Å². The van der Waals surface area contributed by atoms with Crippen molar-refractivity contribution in [2.45, 2.75) is 17.5 Å². The summed E-state index contributed by atoms with van der Waals surface area (Å²) in [5.41, 5.74) is 3.78. The Morgan fingerprint density at radius 2 is 2.14 bits per heavy atom. The van der Waals surface area contributed by atoms with Crippen molar-refractivity contribution in [2.75, 3.05) is 48.4 Å². The number of carbonyl (C=O) groups excluding carboxylic acids is 1. The van der Waals surface area contributed by atoms with Gasteiger partial charge in [-0.3, -0.25) is 5.32 Å². The van der Waals surface area contributed by atoms with Crippen LogP contribution in [0.3, 0.4) is 0 Å². The van der Waals surface area contributed by atoms with Crippen molar-refractivity contribution in [1.82, 2.24) is 14.5 Å². The number of carbonyl (C=O) groups is 1. The summed E-state index contributed by atoms with van der Waals surface area (Å²) >= 11 is 1.66. The molecule has 0 radical (unpaired) electrons. The first-order valence-electron chi connectivity index (χ1n) is 11.4. The Kier molecular flexibility index (Phi) is 8.63. The minimum Gasteiger partial charge on any atom is -0.445 e. The second kappa shape index (κ2) is 12.3. The molecule has 35 heavy (non-hydrogen) atoms. The van der Waals surface area contributed by atoms with Crippen molar-refractivity contribution in [1.29, 1.82) is 0 Å². The molecule has 0 saturated carbocycles. The van der Waals surface area contributed by atoms with Gasteiger partial charge in [0.25, 0.3) is 0 Å². The first kappa shape index (κ1) is 24.6. The Bertz CT molecular complexity index is 1150. The molecule has 9 nitrogen and oxygen atoms in total. The fourth-order valence-corrected chi connectivity index (χ4v) is 4.43. The molecule has 184 valence electrons. The van der Waals surface area contributed by atoms with Crippen LogP contribution in [0.2, 0.25) is 0 Å². The molecule has 1 aliphatic heterocycles. The van der Waals surface area contributed by atoms with Gasteiger partial charge in [0.1, 0.15) is 12.4 Å². The fraction of sp³-hybridized carbons (Fsp3) is 0.320. The number of aryl methyl sites for hydroxylation is 1. The zero-order valence-electron chi connectivity index (χ0n) is 19.8. The number of rotatable bonds is 10. The number of thioether (sulfide) groups is 1. The molecule has 1 saturated heterocycles. The Morgan fingerprint density at radius 3 is 2.91 bits per heavy atom. The number of aromatic nitrogens is 3. The number of hydrogen-bond acceptors (Lipinski definition) is 8. The quantitative estimate of drug-likeness (QED) is 0.319. The van der Waals surface area contributed by atoms with E-state index in [1.54, 1.807) is 18.0 Å². The maximum atomic E-state index is 11.8. The molecule has 3 heterocycles. The van der Waals surface area contributed by atoms with Crippen molar-refractivity contribution < 1.29 is 14.3 Å². The van der Waals surface area contributed by atoms with Crippen LogP contribution in [0.5, 0.6) is 0 Å². The van der Waals surface area contributed by atoms with E-state index in [1.807, 2.05) is 42.1 Å². The van der Waals surface area contributed by atoms with Crippen molar-refractivity contribution >= 4 is 35.0 Å². The van der Waals surface area contributed by atoms with Gasteiger partial charge < -0.3 is 24.3 Å². The highest BCUT2D eigenvalue weighted by atomic mass is 32.2. The molecule has 4 rings (SSSR count). The number of ether oxygens (including phenoxy) is 2. The smallest absolute Gasteiger partial charge is 0.411 e. The lowest BCUT2D eigenvalue weighted by Gasteiger charge is -2.29. The van der Waals surface area contributed by atoms with Crippen LogP contribution in [-0.2, 0) is 28.8 Å². The molecule has 0 bridgehead atoms. The molecule has 0 unspecified atom stereocenters. The molecule has 10 heteroatoms. The molecule has 1 fully saturated rings. The van der Waals surface area contributed by atoms with Crippen molar-refractivity contribution in [3.8, 4) is 0 Å². The SMILES string of the molecule is C=CCOC(=O)Nc1cccc(CNc2cc(N3CCOCC3)cc(CSc3nccn3C)n2)c1. The van der Waals surface area contributed by atoms with E-state index in [4.69, 9.17) is 14.5 Å². The molecular weight excluding hydrogens is 464 g/mol. The van der Waals surface area contributed by atoms with Crippen LogP contribution in [0.4, 0.5) is 22.0 Å². The Labute approximate surface area is 209 Å². The zero-order valence-corrected chi connectivity index (χ0v) is 20.6. The van der Waals surface area contributed by atoms with E-state index < -0.39 is 6.09 Å². The molecule has 0 atom stereocenters. The first-order valence-corrected chi connectivity index (χ1v) is 12.4. The van der Waals surface area contributed by atoms with Gasteiger partial charge in [-0.1, -0.05) is 36.5 Å². The second-order valence-electron chi connectivity index (χ2n) is 7.98. The number of imidazole rings is 1. The average molecular weight is 495 g/mol. The van der Waals surface area contributed by atoms with Gasteiger partial charge in [-0.25, -0.2) is 14.8 Å². The van der Waals surface area contributed by atoms with E-state index in [0.717, 1.165) is 54.2 Å². The van der Waals surface area contributed by atoms with Crippen LogP contribution in [0.15, 0.2) is 66.6 Å². The van der Waals surface area contributed by atoms with Crippen LogP contribution < -0.4 is 15.5 Å². The number of amides is 1. The summed E-state index contributed by atoms with van der Waals surface area (Å²) in [6.07, 6.45) is 4.76. The van der Waals surface area contributed by atoms with Gasteiger partial charge in [0.2, 0.25) is 0 Å². The van der Waals surface area contributed by atoms with Gasteiger partial charge in [0, 0.05) is 62.3 Å². The lowest BCUT2D eigenvalue weighted by atomic mass is 10.2. The van der Waals surface area contributed by atoms with E-state index >= 15 is 0 Å². The molecule has 1 aromatic carbocycles. The Balaban J connectivity index is 1.45. The van der Waals surface area contributed by atoms with Crippen molar-refractivity contribution in [3.05, 3.63) is 72.7 Å². The summed E-state index contributed by atoms with van der Waals surface area (Å²) in [6, 6.07) is 11.8. The summed E-state index contributed by atoms with van der Waals surface area (Å²) in [4.78, 5) is 23.4. The monoisotopic (exact) mass is 494 g/mol. The van der Waals surface area contributed by atoms with Gasteiger partial charge in [0.15, 0.2) is 5.16 Å². The normalized spacial score (nSPS) is 13.3. The highest BCUT2D eigenvalue weighted by molar-refractivity contribution is 7.98. The number of anilines is 3. The van der Waals surface area contributed by atoms with Gasteiger partial charge in [-0.2, -0.15) is 0 Å². The van der Waals surface area contributed by atoms with Crippen LogP contribution in [-0.4, -0.2) is 53.5 Å². The predicted octanol–water partition coefficient (Wildman–Crippen LogP) is 4.29. The van der Waals surface area contributed by atoms with E-state index in [-0.39, 0.29) is 6.61 Å². The highest BCUT2D eigenvalue weighted by Crippen LogP contribution is 2.26. The van der Waals surface area contributed by atoms with Crippen LogP contribution in [0.25, 0.3) is 0 Å². The highest BCUT2D eigenvalue weighted by Gasteiger charge is 2.14. The van der Waals surface area contributed by atoms with Crippen molar-refractivity contribution in [3.63, 3.8) is 0 Å². The summed E-state index contributed by atoms with van der Waals surface area (Å²) in [7, 11) is 1.99. The molecule has 0 spiro atoms. The van der Waals surface area contributed by atoms with E-state index in [0.29, 0.717) is 18.0 Å². The lowest BCUT2D eigenvalue weighted by molar-refractivity contribution is 0.122. The minimum atomic E-state index is -0.509. The topological polar surface area (TPSA) is 93.5 Å². The van der Waals surface area contributed by atoms with E-state index in [1.165, 1.54) is 6.08 Å². The fourth-order valence-electron chi connectivity index (χ4n) is 3.61. The van der Waals surface area contributed by atoms with Crippen molar-refractivity contribution in [2.24, 2.45) is 7.05 Å². The largest absolute Gasteiger partial charge is 0.445 e. The van der Waals surface area contributed by atoms with Crippen LogP contribution in [0.1, 0.15) is 11.3 Å². The third-order valence-corrected chi connectivity index (χ3v) is 6.44. The molecule has 3 aromatic rings. The molecule has 2 aromatic heterocycles. The van der Waals surface area contributed by atoms with E-state index in [9.17, 15) is 4.79 Å². The number of pyridine rings is 1. The number of benzene rings is 1. The molecule has 1 aliphatic rings. The predicted molar refractivity (Wildman–Crippen MR) is 139 cm³/mol. The summed E-state index contributed by atoms with van der Waals surface area (Å²) < 4.78 is 12.5.